The molecule has 0 unspecified atom stereocenters. The number of amides is 2. The van der Waals surface area contributed by atoms with Crippen molar-refractivity contribution < 1.29 is 18.0 Å². The summed E-state index contributed by atoms with van der Waals surface area (Å²) in [5.41, 5.74) is -1.37. The maximum atomic E-state index is 13.1. The number of carbonyl (C=O) groups excluding carboxylic acids is 1. The third-order valence-corrected chi connectivity index (χ3v) is 3.99. The zero-order valence-corrected chi connectivity index (χ0v) is 13.3. The number of hydrogen-bond acceptors (Lipinski definition) is 1. The van der Waals surface area contributed by atoms with Crippen molar-refractivity contribution in [2.75, 3.05) is 18.4 Å². The van der Waals surface area contributed by atoms with Crippen molar-refractivity contribution in [3.8, 4) is 0 Å². The van der Waals surface area contributed by atoms with Crippen LogP contribution in [-0.2, 0) is 6.18 Å². The molecule has 0 aromatic heterocycles. The molecule has 0 spiro atoms. The normalized spacial score (nSPS) is 16.0. The van der Waals surface area contributed by atoms with Crippen LogP contribution in [0.5, 0.6) is 0 Å². The fraction of sp³-hybridized carbons (Fsp3) is 0.462. The minimum Gasteiger partial charge on any atom is -0.325 e. The van der Waals surface area contributed by atoms with E-state index in [4.69, 9.17) is 11.6 Å². The van der Waals surface area contributed by atoms with Crippen molar-refractivity contribution in [3.63, 3.8) is 0 Å². The van der Waals surface area contributed by atoms with Crippen LogP contribution in [0.15, 0.2) is 16.6 Å². The standard InChI is InChI=1S/C13H13BrClF3N2O/c14-8-6-9(13(16,17)18)11(10(15)7-8)19-12(21)20-4-2-1-3-5-20/h6-7H,1-5H2,(H,19,21). The van der Waals surface area contributed by atoms with Crippen LogP contribution < -0.4 is 5.32 Å². The molecule has 0 atom stereocenters. The number of likely N-dealkylation sites (tertiary alicyclic amines) is 1. The number of halogens is 5. The van der Waals surface area contributed by atoms with E-state index in [0.717, 1.165) is 25.3 Å². The lowest BCUT2D eigenvalue weighted by Gasteiger charge is -2.27. The molecule has 2 rings (SSSR count). The number of alkyl halides is 3. The maximum Gasteiger partial charge on any atom is 0.418 e. The molecule has 1 aliphatic heterocycles. The third kappa shape index (κ3) is 4.03. The Morgan fingerprint density at radius 2 is 1.86 bits per heavy atom. The average molecular weight is 386 g/mol. The van der Waals surface area contributed by atoms with Crippen LogP contribution in [0.4, 0.5) is 23.7 Å². The summed E-state index contributed by atoms with van der Waals surface area (Å²) in [4.78, 5) is 13.6. The second kappa shape index (κ2) is 6.44. The monoisotopic (exact) mass is 384 g/mol. The van der Waals surface area contributed by atoms with Gasteiger partial charge in [-0.1, -0.05) is 27.5 Å². The first-order valence-electron chi connectivity index (χ1n) is 6.41. The molecule has 116 valence electrons. The Morgan fingerprint density at radius 1 is 1.24 bits per heavy atom. The third-order valence-electron chi connectivity index (χ3n) is 3.24. The van der Waals surface area contributed by atoms with E-state index in [0.29, 0.717) is 13.1 Å². The highest BCUT2D eigenvalue weighted by atomic mass is 79.9. The molecule has 1 aliphatic rings. The van der Waals surface area contributed by atoms with Crippen molar-refractivity contribution in [3.05, 3.63) is 27.2 Å². The Morgan fingerprint density at radius 3 is 2.43 bits per heavy atom. The molecule has 21 heavy (non-hydrogen) atoms. The van der Waals surface area contributed by atoms with Crippen LogP contribution >= 0.6 is 27.5 Å². The Balaban J connectivity index is 2.28. The molecular weight excluding hydrogens is 373 g/mol. The van der Waals surface area contributed by atoms with E-state index in [1.165, 1.54) is 11.0 Å². The Labute approximate surface area is 133 Å². The fourth-order valence-electron chi connectivity index (χ4n) is 2.21. The molecule has 0 aliphatic carbocycles. The molecule has 0 saturated carbocycles. The highest BCUT2D eigenvalue weighted by Crippen LogP contribution is 2.40. The summed E-state index contributed by atoms with van der Waals surface area (Å²) in [6.07, 6.45) is -1.87. The Kier molecular flexibility index (Phi) is 5.03. The van der Waals surface area contributed by atoms with Gasteiger partial charge in [0.2, 0.25) is 0 Å². The van der Waals surface area contributed by atoms with Gasteiger partial charge in [-0.2, -0.15) is 13.2 Å². The summed E-state index contributed by atoms with van der Waals surface area (Å²) in [6.45, 7) is 1.09. The van der Waals surface area contributed by atoms with Gasteiger partial charge in [-0.3, -0.25) is 0 Å². The number of rotatable bonds is 1. The summed E-state index contributed by atoms with van der Waals surface area (Å²) in [7, 11) is 0. The molecule has 1 saturated heterocycles. The van der Waals surface area contributed by atoms with Crippen molar-refractivity contribution in [1.29, 1.82) is 0 Å². The largest absolute Gasteiger partial charge is 0.418 e. The lowest BCUT2D eigenvalue weighted by Crippen LogP contribution is -2.39. The Hall–Kier alpha value is -0.950. The lowest BCUT2D eigenvalue weighted by molar-refractivity contribution is -0.136. The maximum absolute atomic E-state index is 13.1. The average Bonchev–Trinajstić information content (AvgIpc) is 2.41. The van der Waals surface area contributed by atoms with Gasteiger partial charge in [0.1, 0.15) is 0 Å². The number of urea groups is 1. The van der Waals surface area contributed by atoms with Gasteiger partial charge < -0.3 is 10.2 Å². The van der Waals surface area contributed by atoms with Crippen molar-refractivity contribution in [2.24, 2.45) is 0 Å². The quantitative estimate of drug-likeness (QED) is 0.713. The van der Waals surface area contributed by atoms with Crippen LogP contribution in [0, 0.1) is 0 Å². The topological polar surface area (TPSA) is 32.3 Å². The van der Waals surface area contributed by atoms with E-state index < -0.39 is 23.5 Å². The van der Waals surface area contributed by atoms with E-state index in [2.05, 4.69) is 21.2 Å². The first kappa shape index (κ1) is 16.4. The lowest BCUT2D eigenvalue weighted by atomic mass is 10.1. The highest BCUT2D eigenvalue weighted by molar-refractivity contribution is 9.10. The molecule has 3 nitrogen and oxygen atoms in total. The minimum absolute atomic E-state index is 0.151. The molecule has 1 N–H and O–H groups in total. The number of benzene rings is 1. The van der Waals surface area contributed by atoms with Gasteiger partial charge in [0.25, 0.3) is 0 Å². The number of piperidine rings is 1. The second-order valence-electron chi connectivity index (χ2n) is 4.79. The zero-order valence-electron chi connectivity index (χ0n) is 10.9. The van der Waals surface area contributed by atoms with Crippen LogP contribution in [0.1, 0.15) is 24.8 Å². The summed E-state index contributed by atoms with van der Waals surface area (Å²) >= 11 is 8.84. The minimum atomic E-state index is -4.60. The molecule has 8 heteroatoms. The van der Waals surface area contributed by atoms with Crippen molar-refractivity contribution in [1.82, 2.24) is 4.90 Å². The number of nitrogens with one attached hydrogen (secondary N) is 1. The predicted octanol–water partition coefficient (Wildman–Crippen LogP) is 5.14. The van der Waals surface area contributed by atoms with E-state index in [1.807, 2.05) is 0 Å². The van der Waals surface area contributed by atoms with Crippen LogP contribution in [0.25, 0.3) is 0 Å². The molecule has 1 heterocycles. The smallest absolute Gasteiger partial charge is 0.325 e. The van der Waals surface area contributed by atoms with Crippen molar-refractivity contribution in [2.45, 2.75) is 25.4 Å². The first-order valence-corrected chi connectivity index (χ1v) is 7.58. The zero-order chi connectivity index (χ0) is 15.6. The molecule has 2 amide bonds. The van der Waals surface area contributed by atoms with E-state index in [9.17, 15) is 18.0 Å². The van der Waals surface area contributed by atoms with Gasteiger partial charge in [0, 0.05) is 17.6 Å². The molecule has 0 bridgehead atoms. The van der Waals surface area contributed by atoms with Gasteiger partial charge in [-0.15, -0.1) is 0 Å². The van der Waals surface area contributed by atoms with Gasteiger partial charge >= 0.3 is 12.2 Å². The number of anilines is 1. The summed E-state index contributed by atoms with van der Waals surface area (Å²) in [5.74, 6) is 0. The number of carbonyl (C=O) groups is 1. The Bertz CT molecular complexity index is 545. The summed E-state index contributed by atoms with van der Waals surface area (Å²) in [5, 5.41) is 2.15. The highest BCUT2D eigenvalue weighted by Gasteiger charge is 2.36. The van der Waals surface area contributed by atoms with Crippen LogP contribution in [-0.4, -0.2) is 24.0 Å². The van der Waals surface area contributed by atoms with Gasteiger partial charge in [0.15, 0.2) is 0 Å². The van der Waals surface area contributed by atoms with E-state index in [1.54, 1.807) is 0 Å². The summed E-state index contributed by atoms with van der Waals surface area (Å²) in [6, 6.07) is 1.67. The van der Waals surface area contributed by atoms with Crippen molar-refractivity contribution >= 4 is 39.2 Å². The van der Waals surface area contributed by atoms with Crippen LogP contribution in [0.3, 0.4) is 0 Å². The molecular formula is C13H13BrClF3N2O. The SMILES string of the molecule is O=C(Nc1c(Cl)cc(Br)cc1C(F)(F)F)N1CCCCC1. The van der Waals surface area contributed by atoms with E-state index >= 15 is 0 Å². The first-order chi connectivity index (χ1) is 9.79. The molecule has 1 fully saturated rings. The fourth-order valence-corrected chi connectivity index (χ4v) is 3.06. The van der Waals surface area contributed by atoms with Gasteiger partial charge in [-0.25, -0.2) is 4.79 Å². The van der Waals surface area contributed by atoms with Crippen LogP contribution in [0.2, 0.25) is 5.02 Å². The molecule has 0 radical (unpaired) electrons. The molecule has 1 aromatic carbocycles. The number of nitrogens with zero attached hydrogens (tertiary/aromatic N) is 1. The van der Waals surface area contributed by atoms with Gasteiger partial charge in [-0.05, 0) is 31.4 Å². The molecule has 1 aromatic rings. The second-order valence-corrected chi connectivity index (χ2v) is 6.11. The van der Waals surface area contributed by atoms with E-state index in [-0.39, 0.29) is 9.50 Å². The predicted molar refractivity (Wildman–Crippen MR) is 78.6 cm³/mol. The summed E-state index contributed by atoms with van der Waals surface area (Å²) < 4.78 is 39.4. The number of hydrogen-bond donors (Lipinski definition) is 1. The van der Waals surface area contributed by atoms with Gasteiger partial charge in [0.05, 0.1) is 16.3 Å².